The van der Waals surface area contributed by atoms with Crippen LogP contribution in [0, 0.1) is 0 Å². The third kappa shape index (κ3) is 4.82. The van der Waals surface area contributed by atoms with E-state index in [9.17, 15) is 14.7 Å². The molecule has 0 aromatic heterocycles. The zero-order valence-electron chi connectivity index (χ0n) is 14.9. The quantitative estimate of drug-likeness (QED) is 0.487. The van der Waals surface area contributed by atoms with E-state index in [1.165, 1.54) is 0 Å². The number of rotatable bonds is 4. The van der Waals surface area contributed by atoms with E-state index in [1.807, 2.05) is 24.3 Å². The molecule has 2 aromatic carbocycles. The van der Waals surface area contributed by atoms with Gasteiger partial charge in [0.2, 0.25) is 0 Å². The molecule has 1 fully saturated rings. The summed E-state index contributed by atoms with van der Waals surface area (Å²) in [4.78, 5) is 24.0. The van der Waals surface area contributed by atoms with Crippen LogP contribution < -0.4 is 4.74 Å². The monoisotopic (exact) mass is 360 g/mol. The number of aromatic hydroxyl groups is 1. The highest BCUT2D eigenvalue weighted by Gasteiger charge is 2.20. The number of ketones is 1. The molecule has 4 nitrogen and oxygen atoms in total. The molecule has 1 saturated carbocycles. The van der Waals surface area contributed by atoms with Gasteiger partial charge in [0, 0.05) is 17.2 Å². The van der Waals surface area contributed by atoms with E-state index >= 15 is 0 Å². The molecule has 0 saturated heterocycles. The fraction of sp³-hybridized carbons (Fsp3) is 0.130. The lowest BCUT2D eigenvalue weighted by Crippen LogP contribution is -2.12. The first-order valence-electron chi connectivity index (χ1n) is 8.74. The van der Waals surface area contributed by atoms with Crippen molar-refractivity contribution in [3.05, 3.63) is 83.5 Å². The summed E-state index contributed by atoms with van der Waals surface area (Å²) in [6, 6.07) is 13.8. The van der Waals surface area contributed by atoms with Crippen LogP contribution in [-0.2, 0) is 9.59 Å². The van der Waals surface area contributed by atoms with E-state index in [4.69, 9.17) is 4.74 Å². The minimum Gasteiger partial charge on any atom is -0.508 e. The number of allylic oxidation sites excluding steroid dienone is 2. The summed E-state index contributed by atoms with van der Waals surface area (Å²) < 4.78 is 5.05. The van der Waals surface area contributed by atoms with Crippen LogP contribution in [0.1, 0.15) is 30.4 Å². The Bertz CT molecular complexity index is 916. The number of Topliss-reactive ketones (excluding diaryl/α,β-unsaturated/α-hetero) is 1. The Morgan fingerprint density at radius 2 is 1.44 bits per heavy atom. The molecule has 0 spiro atoms. The second-order valence-corrected chi connectivity index (χ2v) is 6.31. The van der Waals surface area contributed by atoms with Crippen LogP contribution in [0.5, 0.6) is 11.5 Å². The molecule has 2 aromatic rings. The molecule has 0 radical (unpaired) electrons. The van der Waals surface area contributed by atoms with Gasteiger partial charge in [0.15, 0.2) is 5.78 Å². The Balaban J connectivity index is 1.77. The Kier molecular flexibility index (Phi) is 5.67. The summed E-state index contributed by atoms with van der Waals surface area (Å²) in [5.41, 5.74) is 3.31. The average Bonchev–Trinajstić information content (AvgIpc) is 2.68. The maximum absolute atomic E-state index is 12.8. The van der Waals surface area contributed by atoms with Crippen molar-refractivity contribution in [2.75, 3.05) is 0 Å². The van der Waals surface area contributed by atoms with E-state index in [1.54, 1.807) is 36.4 Å². The number of phenolic OH excluding ortho intramolecular Hbond substituents is 1. The van der Waals surface area contributed by atoms with Crippen LogP contribution in [0.15, 0.2) is 72.3 Å². The fourth-order valence-corrected chi connectivity index (χ4v) is 2.94. The minimum atomic E-state index is -0.507. The third-order valence-electron chi connectivity index (χ3n) is 4.32. The van der Waals surface area contributed by atoms with Gasteiger partial charge in [0.25, 0.3) is 0 Å². The molecule has 136 valence electrons. The Labute approximate surface area is 158 Å². The maximum Gasteiger partial charge on any atom is 0.335 e. The topological polar surface area (TPSA) is 63.6 Å². The lowest BCUT2D eigenvalue weighted by molar-refractivity contribution is -0.129. The van der Waals surface area contributed by atoms with Crippen LogP contribution in [0.25, 0.3) is 12.2 Å². The molecule has 1 aliphatic rings. The number of benzene rings is 2. The van der Waals surface area contributed by atoms with Crippen molar-refractivity contribution < 1.29 is 19.4 Å². The van der Waals surface area contributed by atoms with E-state index in [2.05, 4.69) is 6.58 Å². The lowest BCUT2D eigenvalue weighted by atomic mass is 9.87. The highest BCUT2D eigenvalue weighted by atomic mass is 16.5. The largest absolute Gasteiger partial charge is 0.508 e. The SMILES string of the molecule is C=CC(=O)Oc1ccc(/C=C2\CCC/C(=C/c3ccc(O)cc3)C2=O)cc1. The molecule has 0 bridgehead atoms. The van der Waals surface area contributed by atoms with Gasteiger partial charge in [-0.1, -0.05) is 30.8 Å². The Morgan fingerprint density at radius 1 is 0.926 bits per heavy atom. The number of carbonyl (C=O) groups is 2. The number of esters is 1. The molecule has 0 atom stereocenters. The molecule has 3 rings (SSSR count). The number of ether oxygens (including phenoxy) is 1. The van der Waals surface area contributed by atoms with Crippen LogP contribution in [0.3, 0.4) is 0 Å². The molecule has 0 amide bonds. The number of carbonyl (C=O) groups excluding carboxylic acids is 2. The van der Waals surface area contributed by atoms with Crippen molar-refractivity contribution in [1.29, 1.82) is 0 Å². The number of hydrogen-bond donors (Lipinski definition) is 1. The summed E-state index contributed by atoms with van der Waals surface area (Å²) >= 11 is 0. The third-order valence-corrected chi connectivity index (χ3v) is 4.32. The van der Waals surface area contributed by atoms with Crippen molar-refractivity contribution in [2.24, 2.45) is 0 Å². The van der Waals surface area contributed by atoms with Gasteiger partial charge < -0.3 is 9.84 Å². The minimum absolute atomic E-state index is 0.0523. The molecular formula is C23H20O4. The smallest absolute Gasteiger partial charge is 0.335 e. The highest BCUT2D eigenvalue weighted by molar-refractivity contribution is 6.13. The molecule has 0 heterocycles. The average molecular weight is 360 g/mol. The van der Waals surface area contributed by atoms with Crippen molar-refractivity contribution in [3.8, 4) is 11.5 Å². The van der Waals surface area contributed by atoms with Gasteiger partial charge in [-0.15, -0.1) is 0 Å². The normalized spacial score (nSPS) is 17.1. The number of hydrogen-bond acceptors (Lipinski definition) is 4. The van der Waals surface area contributed by atoms with Crippen LogP contribution in [-0.4, -0.2) is 16.9 Å². The summed E-state index contributed by atoms with van der Waals surface area (Å²) in [7, 11) is 0. The molecule has 27 heavy (non-hydrogen) atoms. The Hall–Kier alpha value is -3.40. The molecule has 0 aliphatic heterocycles. The fourth-order valence-electron chi connectivity index (χ4n) is 2.94. The van der Waals surface area contributed by atoms with Crippen molar-refractivity contribution >= 4 is 23.9 Å². The van der Waals surface area contributed by atoms with E-state index in [-0.39, 0.29) is 11.5 Å². The van der Waals surface area contributed by atoms with Gasteiger partial charge in [-0.05, 0) is 66.8 Å². The standard InChI is InChI=1S/C23H20O4/c1-2-22(25)27-21-12-8-17(9-13-21)15-19-5-3-4-18(23(19)26)14-16-6-10-20(24)11-7-16/h2,6-15,24H,1,3-5H2/b18-14-,19-15+. The van der Waals surface area contributed by atoms with E-state index in [0.717, 1.165) is 47.6 Å². The number of phenols is 1. The first-order chi connectivity index (χ1) is 13.0. The first kappa shape index (κ1) is 18.4. The van der Waals surface area contributed by atoms with Gasteiger partial charge in [-0.25, -0.2) is 4.79 Å². The van der Waals surface area contributed by atoms with E-state index in [0.29, 0.717) is 5.75 Å². The summed E-state index contributed by atoms with van der Waals surface area (Å²) in [5, 5.41) is 9.37. The first-order valence-corrected chi connectivity index (χ1v) is 8.74. The van der Waals surface area contributed by atoms with Crippen molar-refractivity contribution in [1.82, 2.24) is 0 Å². The van der Waals surface area contributed by atoms with Gasteiger partial charge >= 0.3 is 5.97 Å². The predicted octanol–water partition coefficient (Wildman–Crippen LogP) is 4.70. The zero-order valence-corrected chi connectivity index (χ0v) is 14.9. The van der Waals surface area contributed by atoms with Crippen LogP contribution >= 0.6 is 0 Å². The van der Waals surface area contributed by atoms with Gasteiger partial charge in [0.05, 0.1) is 0 Å². The lowest BCUT2D eigenvalue weighted by Gasteiger charge is -2.16. The second kappa shape index (κ2) is 8.32. The summed E-state index contributed by atoms with van der Waals surface area (Å²) in [6.45, 7) is 3.36. The molecule has 1 aliphatic carbocycles. The van der Waals surface area contributed by atoms with Crippen LogP contribution in [0.2, 0.25) is 0 Å². The van der Waals surface area contributed by atoms with Crippen LogP contribution in [0.4, 0.5) is 0 Å². The van der Waals surface area contributed by atoms with E-state index < -0.39 is 5.97 Å². The molecule has 0 unspecified atom stereocenters. The van der Waals surface area contributed by atoms with Crippen molar-refractivity contribution in [2.45, 2.75) is 19.3 Å². The zero-order chi connectivity index (χ0) is 19.2. The van der Waals surface area contributed by atoms with Gasteiger partial charge in [-0.3, -0.25) is 4.79 Å². The van der Waals surface area contributed by atoms with Gasteiger partial charge in [-0.2, -0.15) is 0 Å². The van der Waals surface area contributed by atoms with Crippen molar-refractivity contribution in [3.63, 3.8) is 0 Å². The maximum atomic E-state index is 12.8. The molecule has 1 N–H and O–H groups in total. The highest BCUT2D eigenvalue weighted by Crippen LogP contribution is 2.28. The molecular weight excluding hydrogens is 340 g/mol. The Morgan fingerprint density at radius 3 is 1.96 bits per heavy atom. The predicted molar refractivity (Wildman–Crippen MR) is 105 cm³/mol. The molecule has 4 heteroatoms. The summed E-state index contributed by atoms with van der Waals surface area (Å²) in [6.07, 6.45) is 7.26. The van der Waals surface area contributed by atoms with Gasteiger partial charge in [0.1, 0.15) is 11.5 Å². The summed E-state index contributed by atoms with van der Waals surface area (Å²) in [5.74, 6) is 0.184. The second-order valence-electron chi connectivity index (χ2n) is 6.31.